The fourth-order valence-corrected chi connectivity index (χ4v) is 2.04. The van der Waals surface area contributed by atoms with Gasteiger partial charge in [-0.15, -0.1) is 12.1 Å². The summed E-state index contributed by atoms with van der Waals surface area (Å²) in [6.45, 7) is 1.90. The average Bonchev–Trinajstić information content (AvgIpc) is 3.27. The summed E-state index contributed by atoms with van der Waals surface area (Å²) in [6.07, 6.45) is 5.10. The van der Waals surface area contributed by atoms with Crippen molar-refractivity contribution in [3.63, 3.8) is 0 Å². The van der Waals surface area contributed by atoms with Crippen LogP contribution in [0.1, 0.15) is 5.69 Å². The maximum Gasteiger partial charge on any atom is 0.0408 e. The Labute approximate surface area is 162 Å². The Bertz CT molecular complexity index is 939. The van der Waals surface area contributed by atoms with Crippen LogP contribution in [-0.2, 0) is 20.1 Å². The smallest absolute Gasteiger partial charge is 0.0408 e. The van der Waals surface area contributed by atoms with Crippen LogP contribution in [-0.4, -0.2) is 19.9 Å². The summed E-state index contributed by atoms with van der Waals surface area (Å²) in [5, 5.41) is 11.8. The molecule has 0 aliphatic rings. The van der Waals surface area contributed by atoms with Crippen LogP contribution in [0, 0.1) is 24.6 Å². The Kier molecular flexibility index (Phi) is 6.89. The second-order valence-corrected chi connectivity index (χ2v) is 5.05. The molecule has 4 rings (SSSR count). The van der Waals surface area contributed by atoms with Gasteiger partial charge in [0.15, 0.2) is 0 Å². The van der Waals surface area contributed by atoms with Gasteiger partial charge in [0.25, 0.3) is 0 Å². The number of hydrogen-bond donors (Lipinski definition) is 0. The SMILES string of the molecule is Cc1cc(-n2cccn2)[n-]n1.Fc1c[c-]c(-c2ccccn2)c(F)c1.[Ir]. The standard InChI is InChI=1S/C11H6F2N.C7H7N4.Ir/c12-8-4-5-9(10(13)7-8)11-3-1-2-6-14-11;1-6-5-7(10-9-6)11-4-2-3-8-11;/h1-4,6-7H;2-5H,1H3;/q2*-1;. The van der Waals surface area contributed by atoms with Gasteiger partial charge in [0.05, 0.1) is 0 Å². The predicted octanol–water partition coefficient (Wildman–Crippen LogP) is 3.36. The van der Waals surface area contributed by atoms with Crippen molar-refractivity contribution in [1.82, 2.24) is 25.0 Å². The molecule has 8 heteroatoms. The molecular weight excluding hydrogens is 516 g/mol. The molecule has 0 N–H and O–H groups in total. The van der Waals surface area contributed by atoms with Crippen molar-refractivity contribution < 1.29 is 28.9 Å². The van der Waals surface area contributed by atoms with E-state index >= 15 is 0 Å². The van der Waals surface area contributed by atoms with E-state index in [1.807, 2.05) is 25.3 Å². The number of aromatic nitrogens is 5. The molecule has 0 fully saturated rings. The molecule has 0 aliphatic heterocycles. The molecule has 3 aromatic heterocycles. The first-order valence-electron chi connectivity index (χ1n) is 7.38. The van der Waals surface area contributed by atoms with Crippen LogP contribution in [0.4, 0.5) is 8.78 Å². The molecule has 0 spiro atoms. The van der Waals surface area contributed by atoms with Gasteiger partial charge in [-0.05, 0) is 36.6 Å². The molecule has 4 aromatic rings. The van der Waals surface area contributed by atoms with Gasteiger partial charge in [0, 0.05) is 49.8 Å². The second kappa shape index (κ2) is 9.12. The van der Waals surface area contributed by atoms with Gasteiger partial charge >= 0.3 is 0 Å². The van der Waals surface area contributed by atoms with E-state index in [1.54, 1.807) is 35.3 Å². The zero-order valence-electron chi connectivity index (χ0n) is 13.6. The van der Waals surface area contributed by atoms with E-state index in [0.717, 1.165) is 23.6 Å². The minimum Gasteiger partial charge on any atom is -0.356 e. The van der Waals surface area contributed by atoms with Crippen LogP contribution >= 0.6 is 0 Å². The topological polar surface area (TPSA) is 57.7 Å². The van der Waals surface area contributed by atoms with Crippen LogP contribution in [0.5, 0.6) is 0 Å². The first kappa shape index (κ1) is 19.6. The van der Waals surface area contributed by atoms with Crippen molar-refractivity contribution >= 4 is 0 Å². The normalized spacial score (nSPS) is 9.81. The first-order valence-corrected chi connectivity index (χ1v) is 7.38. The van der Waals surface area contributed by atoms with Crippen molar-refractivity contribution in [2.75, 3.05) is 0 Å². The molecule has 0 unspecified atom stereocenters. The molecule has 0 bridgehead atoms. The quantitative estimate of drug-likeness (QED) is 0.374. The number of halogens is 2. The second-order valence-electron chi connectivity index (χ2n) is 5.05. The molecule has 0 saturated heterocycles. The molecule has 0 aliphatic carbocycles. The number of hydrogen-bond acceptors (Lipinski definition) is 3. The Morgan fingerprint density at radius 3 is 2.54 bits per heavy atom. The van der Waals surface area contributed by atoms with Crippen LogP contribution in [0.15, 0.2) is 61.1 Å². The summed E-state index contributed by atoms with van der Waals surface area (Å²) < 4.78 is 27.5. The van der Waals surface area contributed by atoms with Crippen molar-refractivity contribution in [2.45, 2.75) is 6.92 Å². The fraction of sp³-hybridized carbons (Fsp3) is 0.0556. The van der Waals surface area contributed by atoms with Gasteiger partial charge in [0.2, 0.25) is 0 Å². The minimum absolute atomic E-state index is 0. The number of nitrogens with zero attached hydrogens (tertiary/aromatic N) is 5. The summed E-state index contributed by atoms with van der Waals surface area (Å²) in [5.74, 6) is -0.515. The maximum atomic E-state index is 13.2. The van der Waals surface area contributed by atoms with E-state index in [1.165, 1.54) is 0 Å². The number of rotatable bonds is 2. The van der Waals surface area contributed by atoms with Crippen molar-refractivity contribution in [1.29, 1.82) is 0 Å². The van der Waals surface area contributed by atoms with Crippen molar-refractivity contribution in [3.05, 3.63) is 84.4 Å². The van der Waals surface area contributed by atoms with E-state index in [4.69, 9.17) is 0 Å². The molecule has 0 atom stereocenters. The van der Waals surface area contributed by atoms with E-state index < -0.39 is 11.6 Å². The average molecular weight is 530 g/mol. The van der Waals surface area contributed by atoms with Crippen LogP contribution < -0.4 is 5.10 Å². The van der Waals surface area contributed by atoms with Crippen LogP contribution in [0.2, 0.25) is 0 Å². The minimum atomic E-state index is -0.649. The molecule has 26 heavy (non-hydrogen) atoms. The third-order valence-electron chi connectivity index (χ3n) is 3.17. The number of pyridine rings is 1. The van der Waals surface area contributed by atoms with E-state index in [2.05, 4.69) is 26.3 Å². The van der Waals surface area contributed by atoms with Gasteiger partial charge in [-0.3, -0.25) is 19.0 Å². The van der Waals surface area contributed by atoms with Crippen molar-refractivity contribution in [3.8, 4) is 17.1 Å². The van der Waals surface area contributed by atoms with Gasteiger partial charge in [-0.2, -0.15) is 0 Å². The first-order chi connectivity index (χ1) is 12.1. The molecule has 1 aromatic carbocycles. The summed E-state index contributed by atoms with van der Waals surface area (Å²) in [6, 6.07) is 13.3. The third-order valence-corrected chi connectivity index (χ3v) is 3.17. The monoisotopic (exact) mass is 530 g/mol. The van der Waals surface area contributed by atoms with Gasteiger partial charge < -0.3 is 14.8 Å². The van der Waals surface area contributed by atoms with Crippen molar-refractivity contribution in [2.24, 2.45) is 0 Å². The maximum absolute atomic E-state index is 13.2. The Morgan fingerprint density at radius 2 is 1.96 bits per heavy atom. The largest absolute Gasteiger partial charge is 0.356 e. The zero-order valence-corrected chi connectivity index (χ0v) is 16.0. The van der Waals surface area contributed by atoms with Crippen LogP contribution in [0.3, 0.4) is 0 Å². The van der Waals surface area contributed by atoms with Crippen LogP contribution in [0.25, 0.3) is 17.1 Å². The van der Waals surface area contributed by atoms with E-state index in [9.17, 15) is 8.78 Å². The molecule has 0 saturated carbocycles. The fourth-order valence-electron chi connectivity index (χ4n) is 2.04. The zero-order chi connectivity index (χ0) is 17.6. The molecule has 5 nitrogen and oxygen atoms in total. The van der Waals surface area contributed by atoms with Gasteiger partial charge in [-0.25, -0.2) is 0 Å². The molecule has 0 amide bonds. The molecule has 1 radical (unpaired) electrons. The van der Waals surface area contributed by atoms with Gasteiger partial charge in [-0.1, -0.05) is 30.0 Å². The Balaban J connectivity index is 0.000000184. The summed E-state index contributed by atoms with van der Waals surface area (Å²) in [4.78, 5) is 3.95. The predicted molar refractivity (Wildman–Crippen MR) is 87.8 cm³/mol. The summed E-state index contributed by atoms with van der Waals surface area (Å²) >= 11 is 0. The third kappa shape index (κ3) is 4.91. The van der Waals surface area contributed by atoms with Gasteiger partial charge in [0.1, 0.15) is 0 Å². The molecular formula is C18H13F2IrN5-2. The Morgan fingerprint density at radius 1 is 1.12 bits per heavy atom. The number of aryl methyl sites for hydroxylation is 1. The number of benzene rings is 1. The summed E-state index contributed by atoms with van der Waals surface area (Å²) in [7, 11) is 0. The van der Waals surface area contributed by atoms with E-state index in [-0.39, 0.29) is 25.7 Å². The molecule has 3 heterocycles. The van der Waals surface area contributed by atoms with E-state index in [0.29, 0.717) is 5.69 Å². The summed E-state index contributed by atoms with van der Waals surface area (Å²) in [5.41, 5.74) is 1.55. The molecule has 135 valence electrons. The Hall–Kier alpha value is -2.70.